The van der Waals surface area contributed by atoms with Crippen molar-refractivity contribution < 1.29 is 19.0 Å². The molecule has 0 aliphatic heterocycles. The Morgan fingerprint density at radius 1 is 0.912 bits per heavy atom. The molecule has 0 aromatic heterocycles. The third kappa shape index (κ3) is 7.72. The molecule has 0 aliphatic rings. The highest BCUT2D eigenvalue weighted by Crippen LogP contribution is 2.29. The molecule has 0 saturated carbocycles. The van der Waals surface area contributed by atoms with Gasteiger partial charge in [0.2, 0.25) is 5.91 Å². The summed E-state index contributed by atoms with van der Waals surface area (Å²) in [5.41, 5.74) is 1.76. The van der Waals surface area contributed by atoms with Crippen molar-refractivity contribution >= 4 is 12.0 Å². The maximum absolute atomic E-state index is 12.7. The lowest BCUT2D eigenvalue weighted by Gasteiger charge is -2.18. The van der Waals surface area contributed by atoms with Crippen LogP contribution in [0.4, 0.5) is 0 Å². The summed E-state index contributed by atoms with van der Waals surface area (Å²) in [5.74, 6) is 1.76. The summed E-state index contributed by atoms with van der Waals surface area (Å²) < 4.78 is 17.2. The maximum Gasteiger partial charge on any atom is 0.247 e. The highest BCUT2D eigenvalue weighted by atomic mass is 16.5. The van der Waals surface area contributed by atoms with Crippen LogP contribution in [0.5, 0.6) is 17.2 Å². The highest BCUT2D eigenvalue weighted by Gasteiger charge is 2.11. The van der Waals surface area contributed by atoms with Crippen LogP contribution >= 0.6 is 0 Å². The van der Waals surface area contributed by atoms with Crippen molar-refractivity contribution in [1.29, 1.82) is 5.26 Å². The lowest BCUT2D eigenvalue weighted by molar-refractivity contribution is -0.125. The zero-order chi connectivity index (χ0) is 24.0. The normalized spacial score (nSPS) is 10.5. The molecule has 0 spiro atoms. The van der Waals surface area contributed by atoms with E-state index < -0.39 is 0 Å². The Morgan fingerprint density at radius 2 is 1.62 bits per heavy atom. The third-order valence-electron chi connectivity index (χ3n) is 4.83. The van der Waals surface area contributed by atoms with Crippen molar-refractivity contribution in [1.82, 2.24) is 4.90 Å². The van der Waals surface area contributed by atoms with Crippen LogP contribution in [0.15, 0.2) is 84.9 Å². The van der Waals surface area contributed by atoms with Crippen LogP contribution in [-0.2, 0) is 11.3 Å². The first-order chi connectivity index (χ1) is 16.7. The first-order valence-electron chi connectivity index (χ1n) is 11.1. The molecule has 3 rings (SSSR count). The molecule has 0 unspecified atom stereocenters. The average Bonchev–Trinajstić information content (AvgIpc) is 2.87. The molecule has 0 bridgehead atoms. The summed E-state index contributed by atoms with van der Waals surface area (Å²) in [6.45, 7) is 3.54. The Bertz CT molecular complexity index is 1110. The van der Waals surface area contributed by atoms with Gasteiger partial charge in [-0.05, 0) is 48.4 Å². The van der Waals surface area contributed by atoms with Crippen molar-refractivity contribution in [2.75, 3.05) is 26.4 Å². The quantitative estimate of drug-likeness (QED) is 0.215. The zero-order valence-corrected chi connectivity index (χ0v) is 19.2. The van der Waals surface area contributed by atoms with Crippen molar-refractivity contribution in [3.05, 3.63) is 96.1 Å². The third-order valence-corrected chi connectivity index (χ3v) is 4.83. The molecule has 0 atom stereocenters. The lowest BCUT2D eigenvalue weighted by Crippen LogP contribution is -2.29. The fourth-order valence-electron chi connectivity index (χ4n) is 3.22. The number of para-hydroxylation sites is 1. The van der Waals surface area contributed by atoms with Gasteiger partial charge in [-0.3, -0.25) is 4.79 Å². The number of ether oxygens (including phenoxy) is 3. The van der Waals surface area contributed by atoms with E-state index in [0.717, 1.165) is 16.9 Å². The number of nitriles is 1. The van der Waals surface area contributed by atoms with Crippen molar-refractivity contribution in [3.63, 3.8) is 0 Å². The molecule has 6 nitrogen and oxygen atoms in total. The average molecular weight is 457 g/mol. The molecule has 1 amide bonds. The molecular formula is C28H28N2O4. The predicted molar refractivity (Wildman–Crippen MR) is 132 cm³/mol. The molecule has 3 aromatic rings. The number of carbonyl (C=O) groups is 1. The monoisotopic (exact) mass is 456 g/mol. The number of nitrogens with zero attached hydrogens (tertiary/aromatic N) is 2. The van der Waals surface area contributed by atoms with E-state index >= 15 is 0 Å². The summed E-state index contributed by atoms with van der Waals surface area (Å²) in [6, 6.07) is 26.7. The largest absolute Gasteiger partial charge is 0.490 e. The van der Waals surface area contributed by atoms with Gasteiger partial charge >= 0.3 is 0 Å². The van der Waals surface area contributed by atoms with Gasteiger partial charge in [-0.25, -0.2) is 0 Å². The Hall–Kier alpha value is -4.24. The summed E-state index contributed by atoms with van der Waals surface area (Å²) in [7, 11) is 0. The van der Waals surface area contributed by atoms with Crippen LogP contribution < -0.4 is 14.2 Å². The van der Waals surface area contributed by atoms with E-state index in [1.165, 1.54) is 11.0 Å². The Kier molecular flexibility index (Phi) is 9.57. The lowest BCUT2D eigenvalue weighted by atomic mass is 10.1. The van der Waals surface area contributed by atoms with Gasteiger partial charge < -0.3 is 19.1 Å². The standard InChI is InChI=1S/C28H28N2O4/c1-2-32-27-21-23(13-15-26(27)34-20-19-33-25-11-7-4-8-12-25)14-16-28(31)30(18-17-29)22-24-9-5-3-6-10-24/h3-16,21H,2,18-20,22H2,1H3/b16-14+. The molecule has 0 saturated heterocycles. The molecule has 0 heterocycles. The SMILES string of the molecule is CCOc1cc(/C=C/C(=O)N(CC#N)Cc2ccccc2)ccc1OCCOc1ccccc1. The van der Waals surface area contributed by atoms with E-state index in [-0.39, 0.29) is 12.5 Å². The Morgan fingerprint density at radius 3 is 2.32 bits per heavy atom. The minimum absolute atomic E-state index is 0.0140. The summed E-state index contributed by atoms with van der Waals surface area (Å²) >= 11 is 0. The van der Waals surface area contributed by atoms with E-state index in [4.69, 9.17) is 19.5 Å². The van der Waals surface area contributed by atoms with Gasteiger partial charge in [0.05, 0.1) is 12.7 Å². The van der Waals surface area contributed by atoms with Gasteiger partial charge in [0.15, 0.2) is 11.5 Å². The molecule has 0 fully saturated rings. The van der Waals surface area contributed by atoms with E-state index in [0.29, 0.717) is 37.9 Å². The molecular weight excluding hydrogens is 428 g/mol. The van der Waals surface area contributed by atoms with Crippen LogP contribution in [-0.4, -0.2) is 37.2 Å². The van der Waals surface area contributed by atoms with Crippen molar-refractivity contribution in [2.24, 2.45) is 0 Å². The molecule has 34 heavy (non-hydrogen) atoms. The van der Waals surface area contributed by atoms with Gasteiger partial charge in [-0.15, -0.1) is 0 Å². The Balaban J connectivity index is 1.61. The molecule has 174 valence electrons. The predicted octanol–water partition coefficient (Wildman–Crippen LogP) is 5.11. The summed E-state index contributed by atoms with van der Waals surface area (Å²) in [4.78, 5) is 14.2. The van der Waals surface area contributed by atoms with Gasteiger partial charge in [0.1, 0.15) is 25.5 Å². The summed E-state index contributed by atoms with van der Waals surface area (Å²) in [5, 5.41) is 9.12. The van der Waals surface area contributed by atoms with Crippen LogP contribution in [0, 0.1) is 11.3 Å². The van der Waals surface area contributed by atoms with Crippen LogP contribution in [0.2, 0.25) is 0 Å². The van der Waals surface area contributed by atoms with Crippen LogP contribution in [0.1, 0.15) is 18.1 Å². The first-order valence-corrected chi connectivity index (χ1v) is 11.1. The highest BCUT2D eigenvalue weighted by molar-refractivity contribution is 5.92. The first kappa shape index (κ1) is 24.4. The fourth-order valence-corrected chi connectivity index (χ4v) is 3.22. The molecule has 0 radical (unpaired) electrons. The second-order valence-corrected chi connectivity index (χ2v) is 7.32. The smallest absolute Gasteiger partial charge is 0.247 e. The Labute approximate surface area is 200 Å². The number of hydrogen-bond donors (Lipinski definition) is 0. The van der Waals surface area contributed by atoms with Crippen LogP contribution in [0.3, 0.4) is 0 Å². The van der Waals surface area contributed by atoms with E-state index in [1.54, 1.807) is 6.08 Å². The second-order valence-electron chi connectivity index (χ2n) is 7.32. The maximum atomic E-state index is 12.7. The molecule has 6 heteroatoms. The molecule has 0 N–H and O–H groups in total. The van der Waals surface area contributed by atoms with Crippen molar-refractivity contribution in [2.45, 2.75) is 13.5 Å². The van der Waals surface area contributed by atoms with E-state index in [2.05, 4.69) is 6.07 Å². The number of amides is 1. The van der Waals surface area contributed by atoms with Gasteiger partial charge in [0, 0.05) is 12.6 Å². The number of hydrogen-bond acceptors (Lipinski definition) is 5. The van der Waals surface area contributed by atoms with E-state index in [1.807, 2.05) is 85.8 Å². The van der Waals surface area contributed by atoms with Crippen LogP contribution in [0.25, 0.3) is 6.08 Å². The van der Waals surface area contributed by atoms with Gasteiger partial charge in [-0.2, -0.15) is 5.26 Å². The fraction of sp³-hybridized carbons (Fsp3) is 0.214. The van der Waals surface area contributed by atoms with Gasteiger partial charge in [-0.1, -0.05) is 54.6 Å². The molecule has 3 aromatic carbocycles. The number of benzene rings is 3. The minimum atomic E-state index is -0.234. The topological polar surface area (TPSA) is 71.8 Å². The zero-order valence-electron chi connectivity index (χ0n) is 19.2. The van der Waals surface area contributed by atoms with Gasteiger partial charge in [0.25, 0.3) is 0 Å². The minimum Gasteiger partial charge on any atom is -0.490 e. The molecule has 0 aliphatic carbocycles. The van der Waals surface area contributed by atoms with Crippen molar-refractivity contribution in [3.8, 4) is 23.3 Å². The van der Waals surface area contributed by atoms with E-state index in [9.17, 15) is 4.79 Å². The number of rotatable bonds is 12. The second kappa shape index (κ2) is 13.3. The number of carbonyl (C=O) groups excluding carboxylic acids is 1. The summed E-state index contributed by atoms with van der Waals surface area (Å²) in [6.07, 6.45) is 3.18.